The molecule has 172 valence electrons. The van der Waals surface area contributed by atoms with Crippen molar-refractivity contribution in [1.82, 2.24) is 0 Å². The molecular weight excluding hydrogens is 404 g/mol. The predicted molar refractivity (Wildman–Crippen MR) is 126 cm³/mol. The van der Waals surface area contributed by atoms with E-state index in [9.17, 15) is 4.79 Å². The van der Waals surface area contributed by atoms with E-state index in [4.69, 9.17) is 14.2 Å². The Labute approximate surface area is 191 Å². The number of piperidine rings is 1. The molecule has 0 saturated carbocycles. The molecule has 0 aliphatic carbocycles. The topological polar surface area (TPSA) is 52.4 Å². The highest BCUT2D eigenvalue weighted by atomic mass is 16.5. The minimum atomic E-state index is -0.00730. The third-order valence-corrected chi connectivity index (χ3v) is 6.45. The van der Waals surface area contributed by atoms with Gasteiger partial charge in [0.15, 0.2) is 11.5 Å². The van der Waals surface area contributed by atoms with E-state index in [1.54, 1.807) is 12.1 Å². The number of anilines is 1. The molecule has 6 nitrogen and oxygen atoms in total. The minimum Gasteiger partial charge on any atom is -0.490 e. The molecule has 2 heterocycles. The highest BCUT2D eigenvalue weighted by Gasteiger charge is 2.46. The molecule has 2 aromatic rings. The van der Waals surface area contributed by atoms with E-state index >= 15 is 0 Å². The number of likely N-dealkylation sites (tertiary alicyclic amines) is 1. The van der Waals surface area contributed by atoms with Gasteiger partial charge in [-0.2, -0.15) is 0 Å². The molecule has 32 heavy (non-hydrogen) atoms. The second-order valence-electron chi connectivity index (χ2n) is 8.71. The quantitative estimate of drug-likeness (QED) is 0.720. The van der Waals surface area contributed by atoms with Gasteiger partial charge in [-0.15, -0.1) is 0 Å². The Kier molecular flexibility index (Phi) is 6.60. The first-order chi connectivity index (χ1) is 15.5. The number of hydrogen-bond acceptors (Lipinski definition) is 4. The predicted octanol–water partition coefficient (Wildman–Crippen LogP) is 3.22. The second-order valence-corrected chi connectivity index (χ2v) is 8.71. The second kappa shape index (κ2) is 9.41. The molecule has 0 bridgehead atoms. The first kappa shape index (κ1) is 22.5. The summed E-state index contributed by atoms with van der Waals surface area (Å²) in [5.74, 6) is 2.02. The maximum Gasteiger partial charge on any atom is 0.258 e. The lowest BCUT2D eigenvalue weighted by molar-refractivity contribution is -0.886. The Balaban J connectivity index is 1.78. The van der Waals surface area contributed by atoms with Crippen LogP contribution in [0, 0.1) is 6.92 Å². The van der Waals surface area contributed by atoms with Crippen LogP contribution in [0.4, 0.5) is 5.69 Å². The maximum atomic E-state index is 14.0. The Morgan fingerprint density at radius 3 is 2.31 bits per heavy atom. The number of rotatable bonds is 7. The summed E-state index contributed by atoms with van der Waals surface area (Å²) >= 11 is 0. The van der Waals surface area contributed by atoms with E-state index in [0.29, 0.717) is 48.6 Å². The van der Waals surface area contributed by atoms with E-state index in [-0.39, 0.29) is 11.9 Å². The molecule has 1 N–H and O–H groups in total. The van der Waals surface area contributed by atoms with Gasteiger partial charge < -0.3 is 24.0 Å². The van der Waals surface area contributed by atoms with Crippen molar-refractivity contribution in [3.05, 3.63) is 47.0 Å². The van der Waals surface area contributed by atoms with Gasteiger partial charge in [-0.05, 0) is 51.5 Å². The Bertz CT molecular complexity index is 963. The van der Waals surface area contributed by atoms with Crippen LogP contribution in [0.5, 0.6) is 17.2 Å². The zero-order valence-corrected chi connectivity index (χ0v) is 19.9. The van der Waals surface area contributed by atoms with Crippen LogP contribution >= 0.6 is 0 Å². The first-order valence-corrected chi connectivity index (χ1v) is 11.8. The van der Waals surface area contributed by atoms with Crippen LogP contribution in [-0.4, -0.2) is 51.9 Å². The fourth-order valence-electron chi connectivity index (χ4n) is 5.12. The Hall–Kier alpha value is -2.73. The lowest BCUT2D eigenvalue weighted by atomic mass is 9.88. The molecule has 1 fully saturated rings. The monoisotopic (exact) mass is 439 g/mol. The standard InChI is InChI=1S/C26H34N2O4/c1-6-30-23-14-18(15-24(31-7-2)25(23)32-8-3)26(29)28-21-10-9-17(4)13-19(21)20-16-27(5)12-11-22(20)28/h9-10,13-15,20,22H,6-8,11-12,16H2,1-5H3/p+1/t20-,22+/m1/s1. The van der Waals surface area contributed by atoms with Crippen molar-refractivity contribution in [2.75, 3.05) is 44.9 Å². The molecule has 4 rings (SSSR count). The molecule has 6 heteroatoms. The zero-order chi connectivity index (χ0) is 22.8. The normalized spacial score (nSPS) is 21.7. The van der Waals surface area contributed by atoms with Gasteiger partial charge in [-0.25, -0.2) is 0 Å². The van der Waals surface area contributed by atoms with Crippen molar-refractivity contribution in [2.45, 2.75) is 46.1 Å². The van der Waals surface area contributed by atoms with Gasteiger partial charge in [0, 0.05) is 17.7 Å². The lowest BCUT2D eigenvalue weighted by Crippen LogP contribution is -3.11. The summed E-state index contributed by atoms with van der Waals surface area (Å²) in [6.07, 6.45) is 0.990. The van der Waals surface area contributed by atoms with Crippen LogP contribution in [-0.2, 0) is 0 Å². The minimum absolute atomic E-state index is 0.00730. The van der Waals surface area contributed by atoms with Gasteiger partial charge >= 0.3 is 0 Å². The average Bonchev–Trinajstić information content (AvgIpc) is 3.08. The third-order valence-electron chi connectivity index (χ3n) is 6.45. The number of ether oxygens (including phenoxy) is 3. The average molecular weight is 440 g/mol. The number of aryl methyl sites for hydroxylation is 1. The fraction of sp³-hybridized carbons (Fsp3) is 0.500. The van der Waals surface area contributed by atoms with E-state index in [2.05, 4.69) is 32.2 Å². The van der Waals surface area contributed by atoms with E-state index in [1.807, 2.05) is 25.7 Å². The summed E-state index contributed by atoms with van der Waals surface area (Å²) < 4.78 is 17.5. The summed E-state index contributed by atoms with van der Waals surface area (Å²) in [6.45, 7) is 11.5. The summed E-state index contributed by atoms with van der Waals surface area (Å²) in [5.41, 5.74) is 4.13. The first-order valence-electron chi connectivity index (χ1n) is 11.8. The van der Waals surface area contributed by atoms with Crippen LogP contribution in [0.1, 0.15) is 54.6 Å². The lowest BCUT2D eigenvalue weighted by Gasteiger charge is -2.34. The number of carbonyl (C=O) groups is 1. The van der Waals surface area contributed by atoms with Gasteiger partial charge in [-0.3, -0.25) is 4.79 Å². The number of amides is 1. The van der Waals surface area contributed by atoms with Crippen LogP contribution < -0.4 is 24.0 Å². The number of likely N-dealkylation sites (N-methyl/N-ethyl adjacent to an activating group) is 1. The number of nitrogens with one attached hydrogen (secondary N) is 1. The van der Waals surface area contributed by atoms with Crippen LogP contribution in [0.3, 0.4) is 0 Å². The van der Waals surface area contributed by atoms with Crippen molar-refractivity contribution in [3.8, 4) is 17.2 Å². The number of quaternary nitrogens is 1. The van der Waals surface area contributed by atoms with Crippen molar-refractivity contribution in [2.24, 2.45) is 0 Å². The molecule has 0 spiro atoms. The third kappa shape index (κ3) is 4.04. The Morgan fingerprint density at radius 1 is 1.03 bits per heavy atom. The number of benzene rings is 2. The molecule has 1 amide bonds. The number of nitrogens with zero attached hydrogens (tertiary/aromatic N) is 1. The van der Waals surface area contributed by atoms with Crippen molar-refractivity contribution < 1.29 is 23.9 Å². The summed E-state index contributed by atoms with van der Waals surface area (Å²) in [4.78, 5) is 17.5. The van der Waals surface area contributed by atoms with E-state index < -0.39 is 0 Å². The molecular formula is C26H35N2O4+. The number of fused-ring (bicyclic) bond motifs is 3. The molecule has 0 radical (unpaired) electrons. The highest BCUT2D eigenvalue weighted by Crippen LogP contribution is 2.45. The van der Waals surface area contributed by atoms with Crippen LogP contribution in [0.15, 0.2) is 30.3 Å². The van der Waals surface area contributed by atoms with Gasteiger partial charge in [0.1, 0.15) is 0 Å². The van der Waals surface area contributed by atoms with E-state index in [1.165, 1.54) is 16.0 Å². The molecule has 1 saturated heterocycles. The molecule has 0 aromatic heterocycles. The van der Waals surface area contributed by atoms with E-state index in [0.717, 1.165) is 25.2 Å². The molecule has 1 unspecified atom stereocenters. The molecule has 3 atom stereocenters. The van der Waals surface area contributed by atoms with Gasteiger partial charge in [0.05, 0.1) is 51.9 Å². The van der Waals surface area contributed by atoms with Crippen molar-refractivity contribution >= 4 is 11.6 Å². The maximum absolute atomic E-state index is 14.0. The summed E-state index contributed by atoms with van der Waals surface area (Å²) in [7, 11) is 2.24. The van der Waals surface area contributed by atoms with Gasteiger partial charge in [0.25, 0.3) is 5.91 Å². The number of hydrogen-bond donors (Lipinski definition) is 1. The summed E-state index contributed by atoms with van der Waals surface area (Å²) in [5, 5.41) is 0. The summed E-state index contributed by atoms with van der Waals surface area (Å²) in [6, 6.07) is 10.3. The number of carbonyl (C=O) groups excluding carboxylic acids is 1. The largest absolute Gasteiger partial charge is 0.490 e. The molecule has 2 aromatic carbocycles. The Morgan fingerprint density at radius 2 is 1.69 bits per heavy atom. The fourth-order valence-corrected chi connectivity index (χ4v) is 5.12. The zero-order valence-electron chi connectivity index (χ0n) is 19.9. The highest BCUT2D eigenvalue weighted by molar-refractivity contribution is 6.08. The smallest absolute Gasteiger partial charge is 0.258 e. The van der Waals surface area contributed by atoms with Gasteiger partial charge in [-0.1, -0.05) is 17.7 Å². The molecule has 2 aliphatic rings. The SMILES string of the molecule is CCOc1cc(C(=O)N2c3ccc(C)cc3[C@H]3C[NH+](C)CC[C@@H]32)cc(OCC)c1OCC. The van der Waals surface area contributed by atoms with Crippen LogP contribution in [0.2, 0.25) is 0 Å². The van der Waals surface area contributed by atoms with Crippen LogP contribution in [0.25, 0.3) is 0 Å². The molecule has 2 aliphatic heterocycles. The van der Waals surface area contributed by atoms with Gasteiger partial charge in [0.2, 0.25) is 5.75 Å². The van der Waals surface area contributed by atoms with Crippen molar-refractivity contribution in [3.63, 3.8) is 0 Å². The van der Waals surface area contributed by atoms with Crippen molar-refractivity contribution in [1.29, 1.82) is 0 Å².